The number of nitrogens with zero attached hydrogens (tertiary/aromatic N) is 7. The molecule has 0 aromatic carbocycles. The number of piperidine rings is 1. The molecule has 2 heterocycles. The van der Waals surface area contributed by atoms with Crippen molar-refractivity contribution >= 4 is 11.8 Å². The predicted octanol–water partition coefficient (Wildman–Crippen LogP) is 0.957. The van der Waals surface area contributed by atoms with Crippen LogP contribution in [0.25, 0.3) is 10.4 Å². The third-order valence-corrected chi connectivity index (χ3v) is 4.13. The lowest BCUT2D eigenvalue weighted by Crippen LogP contribution is -2.45. The quantitative estimate of drug-likeness (QED) is 0.322. The second-order valence-corrected chi connectivity index (χ2v) is 5.70. The van der Waals surface area contributed by atoms with E-state index in [0.717, 1.165) is 12.8 Å². The van der Waals surface area contributed by atoms with E-state index < -0.39 is 5.91 Å². The molecule has 0 atom stereocenters. The number of aryl methyl sites for hydroxylation is 1. The molecule has 1 aromatic rings. The Balaban J connectivity index is 1.76. The molecule has 2 amide bonds. The van der Waals surface area contributed by atoms with Crippen molar-refractivity contribution in [2.24, 2.45) is 10.3 Å². The van der Waals surface area contributed by atoms with E-state index in [2.05, 4.69) is 25.5 Å². The summed E-state index contributed by atoms with van der Waals surface area (Å²) in [5.74, 6) is -0.167. The fourth-order valence-corrected chi connectivity index (χ4v) is 2.80. The van der Waals surface area contributed by atoms with E-state index in [4.69, 9.17) is 5.53 Å². The molecule has 1 aromatic heterocycles. The standard InChI is InChI=1S/C14H20N8O3/c15-20-18-10-17-11-3-6-21(7-4-11)14(24)2-1-12-16-5-8-22(12)9-13(23)19-25/h5,8,11,17H,1-4,6-7,9-10H2. The molecule has 1 fully saturated rings. The van der Waals surface area contributed by atoms with Gasteiger partial charge in [0.1, 0.15) is 12.4 Å². The summed E-state index contributed by atoms with van der Waals surface area (Å²) >= 11 is 0. The van der Waals surface area contributed by atoms with Crippen molar-refractivity contribution in [1.82, 2.24) is 19.8 Å². The number of carbonyl (C=O) groups is 2. The number of amides is 2. The van der Waals surface area contributed by atoms with Crippen LogP contribution in [0.5, 0.6) is 0 Å². The monoisotopic (exact) mass is 348 g/mol. The van der Waals surface area contributed by atoms with Crippen LogP contribution in [0.2, 0.25) is 0 Å². The van der Waals surface area contributed by atoms with Crippen molar-refractivity contribution in [2.75, 3.05) is 19.8 Å². The lowest BCUT2D eigenvalue weighted by Gasteiger charge is -2.32. The topological polar surface area (TPSA) is 145 Å². The number of nitrogens with one attached hydrogen (secondary N) is 1. The van der Waals surface area contributed by atoms with Crippen LogP contribution in [0.1, 0.15) is 25.1 Å². The summed E-state index contributed by atoms with van der Waals surface area (Å²) in [5.41, 5.74) is 8.25. The van der Waals surface area contributed by atoms with E-state index in [9.17, 15) is 14.5 Å². The maximum atomic E-state index is 12.3. The van der Waals surface area contributed by atoms with Gasteiger partial charge in [0.15, 0.2) is 0 Å². The molecule has 0 unspecified atom stereocenters. The fraction of sp³-hybridized carbons (Fsp3) is 0.643. The smallest absolute Gasteiger partial charge is 0.305 e. The molecule has 0 radical (unpaired) electrons. The lowest BCUT2D eigenvalue weighted by atomic mass is 10.0. The Morgan fingerprint density at radius 2 is 2.16 bits per heavy atom. The van der Waals surface area contributed by atoms with E-state index in [1.165, 1.54) is 10.8 Å². The van der Waals surface area contributed by atoms with Crippen LogP contribution in [0.3, 0.4) is 0 Å². The van der Waals surface area contributed by atoms with Gasteiger partial charge in [-0.2, -0.15) is 0 Å². The summed E-state index contributed by atoms with van der Waals surface area (Å²) in [5, 5.41) is 8.93. The first-order valence-corrected chi connectivity index (χ1v) is 8.02. The minimum Gasteiger partial charge on any atom is -0.343 e. The SMILES string of the molecule is [N-]=[N+]=NCNC1CCN(C(=O)CCc2nccn2CC(=O)N=O)CC1. The largest absolute Gasteiger partial charge is 0.343 e. The van der Waals surface area contributed by atoms with Gasteiger partial charge in [0, 0.05) is 54.5 Å². The molecule has 1 N–H and O–H groups in total. The number of hydrogen-bond acceptors (Lipinski definition) is 6. The predicted molar refractivity (Wildman–Crippen MR) is 88.1 cm³/mol. The van der Waals surface area contributed by atoms with Gasteiger partial charge in [0.05, 0.1) is 6.67 Å². The van der Waals surface area contributed by atoms with Crippen molar-refractivity contribution in [1.29, 1.82) is 0 Å². The van der Waals surface area contributed by atoms with Gasteiger partial charge < -0.3 is 14.8 Å². The maximum Gasteiger partial charge on any atom is 0.305 e. The number of aromatic nitrogens is 2. The van der Waals surface area contributed by atoms with Crippen LogP contribution in [0, 0.1) is 4.91 Å². The molecule has 134 valence electrons. The van der Waals surface area contributed by atoms with Crippen LogP contribution in [0.15, 0.2) is 22.7 Å². The van der Waals surface area contributed by atoms with Crippen LogP contribution in [-0.2, 0) is 22.6 Å². The summed E-state index contributed by atoms with van der Waals surface area (Å²) in [7, 11) is 0. The minimum atomic E-state index is -0.777. The van der Waals surface area contributed by atoms with Crippen molar-refractivity contribution in [3.63, 3.8) is 0 Å². The Morgan fingerprint density at radius 3 is 2.84 bits per heavy atom. The highest BCUT2D eigenvalue weighted by Gasteiger charge is 2.22. The van der Waals surface area contributed by atoms with Crippen LogP contribution < -0.4 is 5.32 Å². The van der Waals surface area contributed by atoms with Crippen molar-refractivity contribution in [3.05, 3.63) is 33.6 Å². The Kier molecular flexibility index (Phi) is 7.05. The first kappa shape index (κ1) is 18.6. The van der Waals surface area contributed by atoms with Crippen molar-refractivity contribution in [3.8, 4) is 0 Å². The van der Waals surface area contributed by atoms with E-state index in [1.807, 2.05) is 0 Å². The van der Waals surface area contributed by atoms with Crippen molar-refractivity contribution in [2.45, 2.75) is 38.3 Å². The molecule has 1 saturated heterocycles. The molecule has 25 heavy (non-hydrogen) atoms. The highest BCUT2D eigenvalue weighted by molar-refractivity contribution is 5.77. The van der Waals surface area contributed by atoms with E-state index >= 15 is 0 Å². The molecule has 0 spiro atoms. The van der Waals surface area contributed by atoms with Gasteiger partial charge in [-0.25, -0.2) is 4.98 Å². The zero-order chi connectivity index (χ0) is 18.1. The van der Waals surface area contributed by atoms with E-state index in [0.29, 0.717) is 25.3 Å². The Labute approximate surface area is 144 Å². The molecular formula is C14H20N8O3. The number of likely N-dealkylation sites (tertiary alicyclic amines) is 1. The summed E-state index contributed by atoms with van der Waals surface area (Å²) in [6.07, 6.45) is 5.41. The molecule has 0 bridgehead atoms. The summed E-state index contributed by atoms with van der Waals surface area (Å²) in [4.78, 5) is 42.2. The second kappa shape index (κ2) is 9.50. The van der Waals surface area contributed by atoms with Gasteiger partial charge in [-0.3, -0.25) is 9.59 Å². The third-order valence-electron chi connectivity index (χ3n) is 4.13. The molecule has 0 aliphatic carbocycles. The zero-order valence-electron chi connectivity index (χ0n) is 13.7. The Morgan fingerprint density at radius 1 is 1.40 bits per heavy atom. The summed E-state index contributed by atoms with van der Waals surface area (Å²) < 4.78 is 1.53. The minimum absolute atomic E-state index is 0.0304. The van der Waals surface area contributed by atoms with Gasteiger partial charge in [0.25, 0.3) is 0 Å². The average Bonchev–Trinajstić information content (AvgIpc) is 3.07. The third kappa shape index (κ3) is 5.66. The summed E-state index contributed by atoms with van der Waals surface area (Å²) in [6.45, 7) is 1.39. The maximum absolute atomic E-state index is 12.3. The lowest BCUT2D eigenvalue weighted by molar-refractivity contribution is -0.132. The van der Waals surface area contributed by atoms with Gasteiger partial charge in [-0.1, -0.05) is 5.11 Å². The molecular weight excluding hydrogens is 328 g/mol. The number of nitroso groups, excluding NO2 is 1. The molecule has 11 nitrogen and oxygen atoms in total. The summed E-state index contributed by atoms with van der Waals surface area (Å²) in [6, 6.07) is 0.246. The Bertz CT molecular complexity index is 659. The van der Waals surface area contributed by atoms with Crippen molar-refractivity contribution < 1.29 is 9.59 Å². The van der Waals surface area contributed by atoms with Crippen LogP contribution in [-0.4, -0.2) is 52.1 Å². The van der Waals surface area contributed by atoms with E-state index in [1.54, 1.807) is 11.1 Å². The highest BCUT2D eigenvalue weighted by atomic mass is 16.3. The number of imidazole rings is 1. The van der Waals surface area contributed by atoms with Gasteiger partial charge in [-0.15, -0.1) is 4.91 Å². The van der Waals surface area contributed by atoms with Gasteiger partial charge >= 0.3 is 5.91 Å². The normalized spacial score (nSPS) is 14.8. The highest BCUT2D eigenvalue weighted by Crippen LogP contribution is 2.13. The first-order valence-electron chi connectivity index (χ1n) is 8.02. The molecule has 1 aliphatic rings. The fourth-order valence-electron chi connectivity index (χ4n) is 2.80. The number of hydrogen-bond donors (Lipinski definition) is 1. The zero-order valence-corrected chi connectivity index (χ0v) is 13.7. The average molecular weight is 348 g/mol. The number of carbonyl (C=O) groups excluding carboxylic acids is 2. The number of azide groups is 1. The van der Waals surface area contributed by atoms with E-state index in [-0.39, 0.29) is 31.6 Å². The first-order chi connectivity index (χ1) is 12.1. The molecule has 11 heteroatoms. The molecule has 0 saturated carbocycles. The van der Waals surface area contributed by atoms with Gasteiger partial charge in [0.2, 0.25) is 5.91 Å². The second-order valence-electron chi connectivity index (χ2n) is 5.70. The molecule has 1 aliphatic heterocycles. The van der Waals surface area contributed by atoms with Crippen LogP contribution >= 0.6 is 0 Å². The Hall–Kier alpha value is -2.78. The molecule has 2 rings (SSSR count). The van der Waals surface area contributed by atoms with Gasteiger partial charge in [-0.05, 0) is 18.4 Å². The van der Waals surface area contributed by atoms with Crippen LogP contribution in [0.4, 0.5) is 0 Å². The number of rotatable bonds is 8.